The Morgan fingerprint density at radius 2 is 1.69 bits per heavy atom. The fourth-order valence-corrected chi connectivity index (χ4v) is 4.44. The Hall–Kier alpha value is -1.56. The summed E-state index contributed by atoms with van der Waals surface area (Å²) in [5, 5.41) is 1.53. The van der Waals surface area contributed by atoms with Gasteiger partial charge in [0, 0.05) is 10.6 Å². The molecule has 2 atom stereocenters. The number of benzene rings is 3. The van der Waals surface area contributed by atoms with Crippen molar-refractivity contribution in [3.8, 4) is 16.9 Å². The average molecular weight is 494 g/mol. The van der Waals surface area contributed by atoms with Gasteiger partial charge in [-0.25, -0.2) is 0 Å². The smallest absolute Gasteiger partial charge is 0.206 e. The molecule has 6 heteroatoms. The van der Waals surface area contributed by atoms with Crippen LogP contribution in [0.5, 0.6) is 5.75 Å². The highest BCUT2D eigenvalue weighted by Gasteiger charge is 2.44. The second kappa shape index (κ2) is 9.07. The van der Waals surface area contributed by atoms with E-state index in [0.717, 1.165) is 16.9 Å². The van der Waals surface area contributed by atoms with E-state index >= 15 is 0 Å². The van der Waals surface area contributed by atoms with Crippen LogP contribution in [0.4, 0.5) is 0 Å². The van der Waals surface area contributed by atoms with Gasteiger partial charge in [0.1, 0.15) is 18.5 Å². The summed E-state index contributed by atoms with van der Waals surface area (Å²) >= 11 is 15.9. The zero-order chi connectivity index (χ0) is 20.3. The van der Waals surface area contributed by atoms with Gasteiger partial charge in [-0.3, -0.25) is 0 Å². The first kappa shape index (κ1) is 20.7. The molecule has 0 aromatic heterocycles. The fraction of sp³-hybridized carbons (Fsp3) is 0.217. The number of ether oxygens (including phenoxy) is 3. The summed E-state index contributed by atoms with van der Waals surface area (Å²) in [4.78, 5) is 0. The first-order chi connectivity index (χ1) is 14.1. The molecule has 3 aromatic rings. The first-order valence-corrected chi connectivity index (χ1v) is 11.1. The highest BCUT2D eigenvalue weighted by molar-refractivity contribution is 9.09. The molecule has 0 bridgehead atoms. The molecule has 1 aliphatic rings. The first-order valence-electron chi connectivity index (χ1n) is 9.21. The lowest BCUT2D eigenvalue weighted by molar-refractivity contribution is -0.159. The minimum absolute atomic E-state index is 0.215. The van der Waals surface area contributed by atoms with Crippen LogP contribution in [0.15, 0.2) is 72.8 Å². The van der Waals surface area contributed by atoms with Crippen molar-refractivity contribution in [3.63, 3.8) is 0 Å². The van der Waals surface area contributed by atoms with Crippen molar-refractivity contribution >= 4 is 39.1 Å². The van der Waals surface area contributed by atoms with Gasteiger partial charge in [0.05, 0.1) is 17.0 Å². The van der Waals surface area contributed by atoms with Crippen molar-refractivity contribution in [1.29, 1.82) is 0 Å². The third-order valence-corrected chi connectivity index (χ3v) is 6.06. The number of halogens is 3. The van der Waals surface area contributed by atoms with Crippen LogP contribution in [-0.4, -0.2) is 24.6 Å². The van der Waals surface area contributed by atoms with E-state index in [1.165, 1.54) is 5.56 Å². The Bertz CT molecular complexity index is 966. The fourth-order valence-electron chi connectivity index (χ4n) is 3.29. The molecule has 1 fully saturated rings. The van der Waals surface area contributed by atoms with Crippen LogP contribution in [0, 0.1) is 0 Å². The van der Waals surface area contributed by atoms with Crippen molar-refractivity contribution in [2.24, 2.45) is 0 Å². The minimum Gasteiger partial charge on any atom is -0.491 e. The second-order valence-electron chi connectivity index (χ2n) is 6.76. The van der Waals surface area contributed by atoms with Gasteiger partial charge in [-0.2, -0.15) is 0 Å². The van der Waals surface area contributed by atoms with Crippen LogP contribution in [0.2, 0.25) is 10.0 Å². The van der Waals surface area contributed by atoms with Crippen LogP contribution in [0.25, 0.3) is 11.1 Å². The molecular formula is C23H19BrCl2O3. The van der Waals surface area contributed by atoms with Crippen LogP contribution >= 0.6 is 39.1 Å². The lowest BCUT2D eigenvalue weighted by atomic mass is 10.1. The Morgan fingerprint density at radius 1 is 0.966 bits per heavy atom. The maximum absolute atomic E-state index is 6.37. The van der Waals surface area contributed by atoms with Crippen molar-refractivity contribution in [3.05, 3.63) is 88.4 Å². The monoisotopic (exact) mass is 492 g/mol. The molecule has 0 amide bonds. The molecule has 0 saturated carbocycles. The maximum Gasteiger partial charge on any atom is 0.206 e. The summed E-state index contributed by atoms with van der Waals surface area (Å²) in [6, 6.07) is 23.6. The molecular weight excluding hydrogens is 475 g/mol. The third kappa shape index (κ3) is 4.62. The van der Waals surface area contributed by atoms with Gasteiger partial charge < -0.3 is 14.2 Å². The van der Waals surface area contributed by atoms with E-state index in [2.05, 4.69) is 28.1 Å². The molecule has 150 valence electrons. The predicted octanol–water partition coefficient (Wildman–Crippen LogP) is 6.70. The lowest BCUT2D eigenvalue weighted by Crippen LogP contribution is -2.31. The molecule has 1 saturated heterocycles. The van der Waals surface area contributed by atoms with Crippen molar-refractivity contribution in [2.45, 2.75) is 11.9 Å². The minimum atomic E-state index is -0.952. The van der Waals surface area contributed by atoms with E-state index < -0.39 is 5.79 Å². The van der Waals surface area contributed by atoms with Gasteiger partial charge >= 0.3 is 0 Å². The van der Waals surface area contributed by atoms with Gasteiger partial charge in [-0.15, -0.1) is 0 Å². The van der Waals surface area contributed by atoms with E-state index in [0.29, 0.717) is 28.6 Å². The summed E-state index contributed by atoms with van der Waals surface area (Å²) in [6.07, 6.45) is -0.215. The van der Waals surface area contributed by atoms with E-state index in [1.807, 2.05) is 48.5 Å². The van der Waals surface area contributed by atoms with Gasteiger partial charge in [-0.05, 0) is 35.4 Å². The number of hydrogen-bond donors (Lipinski definition) is 0. The largest absolute Gasteiger partial charge is 0.491 e. The Kier molecular flexibility index (Phi) is 6.47. The summed E-state index contributed by atoms with van der Waals surface area (Å²) < 4.78 is 18.1. The lowest BCUT2D eigenvalue weighted by Gasteiger charge is -2.27. The molecule has 3 aromatic carbocycles. The Balaban J connectivity index is 1.40. The quantitative estimate of drug-likeness (QED) is 0.357. The number of rotatable bonds is 6. The molecule has 0 spiro atoms. The SMILES string of the molecule is Clc1ccc([C@@]2(CBr)OC[C@@H](COc3ccc(-c4ccccc4)cc3)O2)c(Cl)c1. The van der Waals surface area contributed by atoms with E-state index in [4.69, 9.17) is 37.4 Å². The number of alkyl halides is 1. The molecule has 1 aliphatic heterocycles. The molecule has 0 aliphatic carbocycles. The van der Waals surface area contributed by atoms with Crippen molar-refractivity contribution in [1.82, 2.24) is 0 Å². The van der Waals surface area contributed by atoms with Gasteiger partial charge in [0.15, 0.2) is 0 Å². The van der Waals surface area contributed by atoms with Crippen molar-refractivity contribution in [2.75, 3.05) is 18.5 Å². The van der Waals surface area contributed by atoms with Crippen molar-refractivity contribution < 1.29 is 14.2 Å². The van der Waals surface area contributed by atoms with Gasteiger partial charge in [0.25, 0.3) is 0 Å². The zero-order valence-corrected chi connectivity index (χ0v) is 18.6. The summed E-state index contributed by atoms with van der Waals surface area (Å²) in [5.41, 5.74) is 3.07. The molecule has 1 heterocycles. The highest BCUT2D eigenvalue weighted by Crippen LogP contribution is 2.40. The highest BCUT2D eigenvalue weighted by atomic mass is 79.9. The normalized spacial score (nSPS) is 21.3. The summed E-state index contributed by atoms with van der Waals surface area (Å²) in [6.45, 7) is 0.789. The van der Waals surface area contributed by atoms with Gasteiger partial charge in [0.2, 0.25) is 5.79 Å². The Morgan fingerprint density at radius 3 is 2.38 bits per heavy atom. The zero-order valence-electron chi connectivity index (χ0n) is 15.5. The maximum atomic E-state index is 6.37. The standard InChI is InChI=1S/C23H19BrCl2O3/c24-15-23(21-11-8-18(25)12-22(21)26)28-14-20(29-23)13-27-19-9-6-17(7-10-19)16-4-2-1-3-5-16/h1-12,20H,13-15H2/t20-,23+/m1/s1. The summed E-state index contributed by atoms with van der Waals surface area (Å²) in [7, 11) is 0. The molecule has 0 radical (unpaired) electrons. The molecule has 0 N–H and O–H groups in total. The van der Waals surface area contributed by atoms with Gasteiger partial charge in [-0.1, -0.05) is 87.7 Å². The van der Waals surface area contributed by atoms with E-state index in [-0.39, 0.29) is 6.10 Å². The Labute approximate surface area is 188 Å². The number of hydrogen-bond acceptors (Lipinski definition) is 3. The van der Waals surface area contributed by atoms with Crippen LogP contribution < -0.4 is 4.74 Å². The second-order valence-corrected chi connectivity index (χ2v) is 8.17. The molecule has 0 unspecified atom stereocenters. The predicted molar refractivity (Wildman–Crippen MR) is 120 cm³/mol. The summed E-state index contributed by atoms with van der Waals surface area (Å²) in [5.74, 6) is -0.165. The third-order valence-electron chi connectivity index (χ3n) is 4.77. The van der Waals surface area contributed by atoms with Crippen LogP contribution in [-0.2, 0) is 15.3 Å². The molecule has 29 heavy (non-hydrogen) atoms. The topological polar surface area (TPSA) is 27.7 Å². The van der Waals surface area contributed by atoms with Crippen LogP contribution in [0.1, 0.15) is 5.56 Å². The van der Waals surface area contributed by atoms with E-state index in [1.54, 1.807) is 12.1 Å². The van der Waals surface area contributed by atoms with Crippen LogP contribution in [0.3, 0.4) is 0 Å². The molecule has 3 nitrogen and oxygen atoms in total. The average Bonchev–Trinajstić information content (AvgIpc) is 3.18. The molecule has 4 rings (SSSR count). The van der Waals surface area contributed by atoms with E-state index in [9.17, 15) is 0 Å².